The molecule has 0 unspecified atom stereocenters. The number of rotatable bonds is 3. The second kappa shape index (κ2) is 4.20. The zero-order chi connectivity index (χ0) is 12.7. The highest BCUT2D eigenvalue weighted by Crippen LogP contribution is 2.29. The summed E-state index contributed by atoms with van der Waals surface area (Å²) in [6.45, 7) is -0.640. The van der Waals surface area contributed by atoms with Crippen molar-refractivity contribution in [1.29, 1.82) is 0 Å². The van der Waals surface area contributed by atoms with Gasteiger partial charge in [0.05, 0.1) is 23.3 Å². The second-order valence-corrected chi connectivity index (χ2v) is 4.51. The van der Waals surface area contributed by atoms with Gasteiger partial charge in [-0.05, 0) is 22.0 Å². The standard InChI is InChI=1S/C10H7BrF2N4O/c11-7-1-5(18-4-8(12)13)3-17-9(7)6-2-14-15-10(6)16-17/h1-3,8H,4H2,(H,15,16). The summed E-state index contributed by atoms with van der Waals surface area (Å²) >= 11 is 3.37. The van der Waals surface area contributed by atoms with Gasteiger partial charge in [0.15, 0.2) is 5.65 Å². The molecule has 18 heavy (non-hydrogen) atoms. The van der Waals surface area contributed by atoms with E-state index in [0.717, 1.165) is 10.9 Å². The molecule has 0 radical (unpaired) electrons. The van der Waals surface area contributed by atoms with Crippen LogP contribution in [0.1, 0.15) is 0 Å². The molecule has 0 aliphatic carbocycles. The third-order valence-electron chi connectivity index (χ3n) is 2.43. The van der Waals surface area contributed by atoms with Crippen LogP contribution in [0.5, 0.6) is 5.75 Å². The highest BCUT2D eigenvalue weighted by Gasteiger charge is 2.12. The number of ether oxygens (including phenoxy) is 1. The number of fused-ring (bicyclic) bond motifs is 3. The summed E-state index contributed by atoms with van der Waals surface area (Å²) in [5.74, 6) is 0.327. The van der Waals surface area contributed by atoms with E-state index >= 15 is 0 Å². The predicted octanol–water partition coefficient (Wildman–Crippen LogP) is 2.62. The van der Waals surface area contributed by atoms with Crippen molar-refractivity contribution >= 4 is 32.5 Å². The van der Waals surface area contributed by atoms with E-state index in [1.165, 1.54) is 0 Å². The summed E-state index contributed by atoms with van der Waals surface area (Å²) in [7, 11) is 0. The van der Waals surface area contributed by atoms with Crippen molar-refractivity contribution in [3.05, 3.63) is 22.9 Å². The van der Waals surface area contributed by atoms with Crippen LogP contribution < -0.4 is 4.74 Å². The smallest absolute Gasteiger partial charge is 0.272 e. The van der Waals surface area contributed by atoms with Crippen molar-refractivity contribution in [2.75, 3.05) is 6.61 Å². The lowest BCUT2D eigenvalue weighted by molar-refractivity contribution is 0.0816. The molecule has 3 aromatic heterocycles. The Hall–Kier alpha value is -1.70. The Bertz CT molecular complexity index is 708. The number of alkyl halides is 2. The molecule has 0 aliphatic rings. The summed E-state index contributed by atoms with van der Waals surface area (Å²) in [5.41, 5.74) is 1.44. The predicted molar refractivity (Wildman–Crippen MR) is 64.0 cm³/mol. The summed E-state index contributed by atoms with van der Waals surface area (Å²) in [6, 6.07) is 1.63. The molecule has 0 saturated carbocycles. The molecule has 3 rings (SSSR count). The Kier molecular flexibility index (Phi) is 2.66. The molecule has 3 aromatic rings. The van der Waals surface area contributed by atoms with Crippen molar-refractivity contribution in [2.45, 2.75) is 6.43 Å². The summed E-state index contributed by atoms with van der Waals surface area (Å²) in [5, 5.41) is 11.7. The second-order valence-electron chi connectivity index (χ2n) is 3.65. The van der Waals surface area contributed by atoms with E-state index in [1.807, 2.05) is 0 Å². The lowest BCUT2D eigenvalue weighted by atomic mass is 10.3. The average molecular weight is 317 g/mol. The molecule has 0 spiro atoms. The number of hydrogen-bond donors (Lipinski definition) is 1. The van der Waals surface area contributed by atoms with E-state index in [0.29, 0.717) is 15.9 Å². The van der Waals surface area contributed by atoms with Crippen LogP contribution in [-0.2, 0) is 0 Å². The number of nitrogens with zero attached hydrogens (tertiary/aromatic N) is 3. The highest BCUT2D eigenvalue weighted by molar-refractivity contribution is 9.10. The SMILES string of the molecule is FC(F)COc1cc(Br)c2c3cn[nH]c3nn2c1. The number of aromatic nitrogens is 4. The maximum absolute atomic E-state index is 12.1. The minimum Gasteiger partial charge on any atom is -0.486 e. The van der Waals surface area contributed by atoms with Crippen molar-refractivity contribution in [3.63, 3.8) is 0 Å². The van der Waals surface area contributed by atoms with Crippen molar-refractivity contribution in [2.24, 2.45) is 0 Å². The third kappa shape index (κ3) is 1.82. The van der Waals surface area contributed by atoms with E-state index in [9.17, 15) is 8.78 Å². The molecule has 0 aromatic carbocycles. The Morgan fingerprint density at radius 2 is 2.33 bits per heavy atom. The number of nitrogens with one attached hydrogen (secondary N) is 1. The van der Waals surface area contributed by atoms with Gasteiger partial charge in [-0.15, -0.1) is 5.10 Å². The first-order valence-electron chi connectivity index (χ1n) is 5.07. The Morgan fingerprint density at radius 3 is 3.11 bits per heavy atom. The molecule has 0 atom stereocenters. The minimum atomic E-state index is -2.50. The van der Waals surface area contributed by atoms with Crippen LogP contribution >= 0.6 is 15.9 Å². The van der Waals surface area contributed by atoms with E-state index in [1.54, 1.807) is 23.0 Å². The molecule has 5 nitrogen and oxygen atoms in total. The van der Waals surface area contributed by atoms with Crippen LogP contribution in [0.15, 0.2) is 22.9 Å². The van der Waals surface area contributed by atoms with Crippen LogP contribution in [0.3, 0.4) is 0 Å². The van der Waals surface area contributed by atoms with Crippen LogP contribution in [0.25, 0.3) is 16.6 Å². The molecule has 0 amide bonds. The lowest BCUT2D eigenvalue weighted by Gasteiger charge is -2.06. The summed E-state index contributed by atoms with van der Waals surface area (Å²) in [4.78, 5) is 0. The van der Waals surface area contributed by atoms with Crippen LogP contribution in [-0.4, -0.2) is 32.8 Å². The first-order chi connectivity index (χ1) is 8.65. The minimum absolute atomic E-state index is 0.327. The fourth-order valence-corrected chi connectivity index (χ4v) is 2.35. The van der Waals surface area contributed by atoms with Gasteiger partial charge in [-0.2, -0.15) is 5.10 Å². The van der Waals surface area contributed by atoms with Crippen molar-refractivity contribution in [3.8, 4) is 5.75 Å². The molecule has 8 heteroatoms. The summed E-state index contributed by atoms with van der Waals surface area (Å²) in [6.07, 6.45) is 0.703. The zero-order valence-electron chi connectivity index (χ0n) is 8.90. The molecule has 0 bridgehead atoms. The first-order valence-corrected chi connectivity index (χ1v) is 5.86. The molecule has 3 heterocycles. The van der Waals surface area contributed by atoms with E-state index in [2.05, 4.69) is 31.2 Å². The van der Waals surface area contributed by atoms with Crippen molar-refractivity contribution < 1.29 is 13.5 Å². The van der Waals surface area contributed by atoms with Gasteiger partial charge < -0.3 is 4.74 Å². The van der Waals surface area contributed by atoms with Crippen LogP contribution in [0.4, 0.5) is 8.78 Å². The number of halogens is 3. The van der Waals surface area contributed by atoms with Gasteiger partial charge >= 0.3 is 0 Å². The maximum Gasteiger partial charge on any atom is 0.272 e. The maximum atomic E-state index is 12.1. The van der Waals surface area contributed by atoms with Gasteiger partial charge in [0.2, 0.25) is 0 Å². The molecular formula is C10H7BrF2N4O. The number of hydrogen-bond acceptors (Lipinski definition) is 3. The monoisotopic (exact) mass is 316 g/mol. The normalized spacial score (nSPS) is 11.8. The third-order valence-corrected chi connectivity index (χ3v) is 3.04. The van der Waals surface area contributed by atoms with Gasteiger partial charge in [-0.3, -0.25) is 5.10 Å². The quantitative estimate of drug-likeness (QED) is 0.808. The summed E-state index contributed by atoms with van der Waals surface area (Å²) < 4.78 is 31.4. The fraction of sp³-hybridized carbons (Fsp3) is 0.200. The van der Waals surface area contributed by atoms with Crippen LogP contribution in [0.2, 0.25) is 0 Å². The topological polar surface area (TPSA) is 55.2 Å². The Labute approximate surface area is 108 Å². The largest absolute Gasteiger partial charge is 0.486 e. The van der Waals surface area contributed by atoms with Gasteiger partial charge in [0, 0.05) is 4.47 Å². The van der Waals surface area contributed by atoms with Gasteiger partial charge in [0.25, 0.3) is 6.43 Å². The lowest BCUT2D eigenvalue weighted by Crippen LogP contribution is -2.07. The molecular weight excluding hydrogens is 310 g/mol. The van der Waals surface area contributed by atoms with Gasteiger partial charge in [-0.1, -0.05) is 0 Å². The average Bonchev–Trinajstić information content (AvgIpc) is 2.85. The van der Waals surface area contributed by atoms with E-state index in [4.69, 9.17) is 4.74 Å². The zero-order valence-corrected chi connectivity index (χ0v) is 10.5. The van der Waals surface area contributed by atoms with E-state index < -0.39 is 13.0 Å². The Balaban J connectivity index is 2.09. The number of pyridine rings is 1. The van der Waals surface area contributed by atoms with Gasteiger partial charge in [-0.25, -0.2) is 13.3 Å². The fourth-order valence-electron chi connectivity index (χ4n) is 1.73. The molecule has 0 aliphatic heterocycles. The molecule has 94 valence electrons. The molecule has 0 saturated heterocycles. The first kappa shape index (κ1) is 11.4. The number of aromatic amines is 1. The van der Waals surface area contributed by atoms with E-state index in [-0.39, 0.29) is 0 Å². The van der Waals surface area contributed by atoms with Crippen LogP contribution in [0, 0.1) is 0 Å². The highest BCUT2D eigenvalue weighted by atomic mass is 79.9. The molecule has 1 N–H and O–H groups in total. The molecule has 0 fully saturated rings. The Morgan fingerprint density at radius 1 is 1.50 bits per heavy atom. The van der Waals surface area contributed by atoms with Gasteiger partial charge in [0.1, 0.15) is 12.4 Å². The van der Waals surface area contributed by atoms with Crippen molar-refractivity contribution in [1.82, 2.24) is 19.8 Å². The number of H-pyrrole nitrogens is 1.